The van der Waals surface area contributed by atoms with E-state index in [0.29, 0.717) is 32.1 Å². The van der Waals surface area contributed by atoms with Crippen molar-refractivity contribution in [2.24, 2.45) is 0 Å². The van der Waals surface area contributed by atoms with Gasteiger partial charge in [0.05, 0.1) is 6.61 Å². The number of imidazole rings is 1. The third-order valence-electron chi connectivity index (χ3n) is 4.95. The molecule has 1 atom stereocenters. The van der Waals surface area contributed by atoms with Gasteiger partial charge in [-0.25, -0.2) is 14.3 Å². The second kappa shape index (κ2) is 12.4. The van der Waals surface area contributed by atoms with Crippen LogP contribution in [-0.2, 0) is 14.2 Å². The van der Waals surface area contributed by atoms with Crippen molar-refractivity contribution in [2.45, 2.75) is 52.9 Å². The normalized spacial score (nSPS) is 12.1. The van der Waals surface area contributed by atoms with Gasteiger partial charge in [0.25, 0.3) is 0 Å². The molecule has 0 N–H and O–H groups in total. The van der Waals surface area contributed by atoms with Gasteiger partial charge in [-0.05, 0) is 43.4 Å². The summed E-state index contributed by atoms with van der Waals surface area (Å²) in [6, 6.07) is 6.21. The van der Waals surface area contributed by atoms with Gasteiger partial charge in [0.2, 0.25) is 0 Å². The maximum atomic E-state index is 12.5. The van der Waals surface area contributed by atoms with E-state index in [2.05, 4.69) is 44.8 Å². The third-order valence-corrected chi connectivity index (χ3v) is 4.95. The fourth-order valence-corrected chi connectivity index (χ4v) is 3.17. The topological polar surface area (TPSA) is 62.6 Å². The Balaban J connectivity index is 1.77. The molecule has 2 rings (SSSR count). The van der Waals surface area contributed by atoms with Gasteiger partial charge in [-0.15, -0.1) is 0 Å². The summed E-state index contributed by atoms with van der Waals surface area (Å²) in [5, 5.41) is 0. The van der Waals surface area contributed by atoms with Crippen molar-refractivity contribution in [3.05, 3.63) is 53.1 Å². The number of aryl methyl sites for hydroxylation is 1. The van der Waals surface area contributed by atoms with Crippen molar-refractivity contribution in [3.8, 4) is 0 Å². The molecular formula is C23H34N2O4. The molecule has 2 aromatic rings. The molecular weight excluding hydrogens is 368 g/mol. The molecule has 0 saturated carbocycles. The summed E-state index contributed by atoms with van der Waals surface area (Å²) in [7, 11) is 0. The summed E-state index contributed by atoms with van der Waals surface area (Å²) < 4.78 is 17.8. The van der Waals surface area contributed by atoms with Gasteiger partial charge in [-0.3, -0.25) is 0 Å². The second-order valence-electron chi connectivity index (χ2n) is 7.21. The van der Waals surface area contributed by atoms with Crippen molar-refractivity contribution < 1.29 is 19.0 Å². The predicted molar refractivity (Wildman–Crippen MR) is 114 cm³/mol. The Labute approximate surface area is 174 Å². The van der Waals surface area contributed by atoms with Gasteiger partial charge in [0, 0.05) is 51.2 Å². The van der Waals surface area contributed by atoms with Gasteiger partial charge in [-0.1, -0.05) is 32.0 Å². The number of carbonyl (C=O) groups is 1. The molecule has 0 amide bonds. The second-order valence-corrected chi connectivity index (χ2v) is 7.21. The fourth-order valence-electron chi connectivity index (χ4n) is 3.17. The van der Waals surface area contributed by atoms with E-state index in [1.54, 1.807) is 12.4 Å². The number of ether oxygens (including phenoxy) is 3. The zero-order valence-electron chi connectivity index (χ0n) is 18.1. The van der Waals surface area contributed by atoms with Crippen molar-refractivity contribution in [2.75, 3.05) is 33.0 Å². The number of hydrogen-bond donors (Lipinski definition) is 0. The molecule has 0 unspecified atom stereocenters. The van der Waals surface area contributed by atoms with Crippen LogP contribution in [0.2, 0.25) is 0 Å². The highest BCUT2D eigenvalue weighted by Gasteiger charge is 2.20. The smallest absolute Gasteiger partial charge is 0.419 e. The Hall–Kier alpha value is -2.18. The Morgan fingerprint density at radius 2 is 1.76 bits per heavy atom. The van der Waals surface area contributed by atoms with Crippen LogP contribution in [0.25, 0.3) is 0 Å². The molecule has 1 aromatic carbocycles. The lowest BCUT2D eigenvalue weighted by Crippen LogP contribution is -2.19. The van der Waals surface area contributed by atoms with Crippen LogP contribution in [-0.4, -0.2) is 48.7 Å². The molecule has 0 spiro atoms. The van der Waals surface area contributed by atoms with E-state index in [9.17, 15) is 4.79 Å². The molecule has 0 fully saturated rings. The first-order valence-corrected chi connectivity index (χ1v) is 10.5. The van der Waals surface area contributed by atoms with Crippen molar-refractivity contribution in [3.63, 3.8) is 0 Å². The summed E-state index contributed by atoms with van der Waals surface area (Å²) in [4.78, 5) is 16.9. The Bertz CT molecular complexity index is 757. The van der Waals surface area contributed by atoms with E-state index in [1.807, 2.05) is 6.07 Å². The van der Waals surface area contributed by atoms with E-state index in [-0.39, 0.29) is 5.92 Å². The maximum absolute atomic E-state index is 12.5. The van der Waals surface area contributed by atoms with Crippen LogP contribution in [0.1, 0.15) is 61.5 Å². The Morgan fingerprint density at radius 3 is 2.48 bits per heavy atom. The first kappa shape index (κ1) is 23.1. The van der Waals surface area contributed by atoms with Crippen LogP contribution >= 0.6 is 0 Å². The van der Waals surface area contributed by atoms with Gasteiger partial charge in [-0.2, -0.15) is 0 Å². The third kappa shape index (κ3) is 6.98. The summed E-state index contributed by atoms with van der Waals surface area (Å²) in [6.45, 7) is 11.4. The van der Waals surface area contributed by atoms with Gasteiger partial charge in [0.15, 0.2) is 0 Å². The Morgan fingerprint density at radius 1 is 1.07 bits per heavy atom. The van der Waals surface area contributed by atoms with Gasteiger partial charge < -0.3 is 14.2 Å². The molecule has 6 nitrogen and oxygen atoms in total. The standard InChI is InChI=1S/C23H34N2O4/c1-5-13-27-14-7-15-28-16-8-17-29-23(26)25-12-11-24-22(25)20(4)21-10-6-9-18(2)19(21)3/h6,9-12,20H,5,7-8,13-17H2,1-4H3/t20-/m0/s1. The van der Waals surface area contributed by atoms with E-state index in [0.717, 1.165) is 26.1 Å². The predicted octanol–water partition coefficient (Wildman–Crippen LogP) is 4.86. The molecule has 160 valence electrons. The van der Waals surface area contributed by atoms with Crippen molar-refractivity contribution >= 4 is 6.09 Å². The summed E-state index contributed by atoms with van der Waals surface area (Å²) in [5.74, 6) is 0.683. The zero-order chi connectivity index (χ0) is 21.1. The first-order valence-electron chi connectivity index (χ1n) is 10.5. The van der Waals surface area contributed by atoms with E-state index in [4.69, 9.17) is 14.2 Å². The minimum Gasteiger partial charge on any atom is -0.449 e. The highest BCUT2D eigenvalue weighted by Crippen LogP contribution is 2.27. The minimum absolute atomic E-state index is 0.00397. The largest absolute Gasteiger partial charge is 0.449 e. The molecule has 0 bridgehead atoms. The fraction of sp³-hybridized carbons (Fsp3) is 0.565. The zero-order valence-corrected chi connectivity index (χ0v) is 18.1. The molecule has 0 radical (unpaired) electrons. The SMILES string of the molecule is CCCOCCCOCCCOC(=O)n1ccnc1[C@@H](C)c1cccc(C)c1C. The molecule has 1 heterocycles. The lowest BCUT2D eigenvalue weighted by molar-refractivity contribution is 0.0727. The molecule has 0 aliphatic rings. The van der Waals surface area contributed by atoms with Crippen LogP contribution in [0.3, 0.4) is 0 Å². The highest BCUT2D eigenvalue weighted by atomic mass is 16.6. The van der Waals surface area contributed by atoms with E-state index < -0.39 is 6.09 Å². The molecule has 0 saturated heterocycles. The van der Waals surface area contributed by atoms with Crippen LogP contribution in [0, 0.1) is 13.8 Å². The monoisotopic (exact) mass is 402 g/mol. The van der Waals surface area contributed by atoms with Crippen molar-refractivity contribution in [1.82, 2.24) is 9.55 Å². The summed E-state index contributed by atoms with van der Waals surface area (Å²) in [6.07, 6.45) is 5.48. The average molecular weight is 403 g/mol. The van der Waals surface area contributed by atoms with Crippen LogP contribution in [0.15, 0.2) is 30.6 Å². The molecule has 0 aliphatic heterocycles. The van der Waals surface area contributed by atoms with Gasteiger partial charge in [0.1, 0.15) is 5.82 Å². The Kier molecular flexibility index (Phi) is 9.88. The van der Waals surface area contributed by atoms with Crippen LogP contribution < -0.4 is 0 Å². The van der Waals surface area contributed by atoms with Crippen molar-refractivity contribution in [1.29, 1.82) is 0 Å². The van der Waals surface area contributed by atoms with Crippen LogP contribution in [0.5, 0.6) is 0 Å². The molecule has 0 aliphatic carbocycles. The number of nitrogens with zero attached hydrogens (tertiary/aromatic N) is 2. The number of hydrogen-bond acceptors (Lipinski definition) is 5. The summed E-state index contributed by atoms with van der Waals surface area (Å²) in [5.41, 5.74) is 3.62. The molecule has 29 heavy (non-hydrogen) atoms. The van der Waals surface area contributed by atoms with Gasteiger partial charge >= 0.3 is 6.09 Å². The lowest BCUT2D eigenvalue weighted by atomic mass is 9.93. The number of benzene rings is 1. The lowest BCUT2D eigenvalue weighted by Gasteiger charge is -2.17. The first-order chi connectivity index (χ1) is 14.1. The van der Waals surface area contributed by atoms with E-state index >= 15 is 0 Å². The highest BCUT2D eigenvalue weighted by molar-refractivity contribution is 5.71. The molecule has 1 aromatic heterocycles. The van der Waals surface area contributed by atoms with E-state index in [1.165, 1.54) is 21.3 Å². The summed E-state index contributed by atoms with van der Waals surface area (Å²) >= 11 is 0. The van der Waals surface area contributed by atoms with Crippen LogP contribution in [0.4, 0.5) is 4.79 Å². The number of aromatic nitrogens is 2. The molecule has 6 heteroatoms. The quantitative estimate of drug-likeness (QED) is 0.475. The minimum atomic E-state index is -0.400. The maximum Gasteiger partial charge on any atom is 0.419 e. The number of carbonyl (C=O) groups excluding carboxylic acids is 1. The average Bonchev–Trinajstić information content (AvgIpc) is 3.21. The number of rotatable bonds is 12.